The molecule has 0 aromatic carbocycles. The molecule has 0 spiro atoms. The molecule has 0 saturated heterocycles. The molecular weight excluding hydrogens is 332 g/mol. The number of hydrogen-bond donors (Lipinski definition) is 2. The van der Waals surface area contributed by atoms with E-state index in [9.17, 15) is 9.59 Å². The Labute approximate surface area is 140 Å². The van der Waals surface area contributed by atoms with Gasteiger partial charge in [-0.15, -0.1) is 16.8 Å². The average Bonchev–Trinajstić information content (AvgIpc) is 3.07. The minimum atomic E-state index is -0.589. The van der Waals surface area contributed by atoms with Gasteiger partial charge < -0.3 is 9.25 Å². The molecule has 0 unspecified atom stereocenters. The van der Waals surface area contributed by atoms with Crippen LogP contribution in [0.2, 0.25) is 0 Å². The van der Waals surface area contributed by atoms with Crippen molar-refractivity contribution in [3.05, 3.63) is 49.0 Å². The zero-order chi connectivity index (χ0) is 17.3. The number of nitrogens with zero attached hydrogens (tertiary/aromatic N) is 2. The van der Waals surface area contributed by atoms with Crippen LogP contribution in [-0.2, 0) is 12.0 Å². The van der Waals surface area contributed by atoms with Crippen LogP contribution in [0.3, 0.4) is 0 Å². The van der Waals surface area contributed by atoms with Crippen LogP contribution in [-0.4, -0.2) is 15.0 Å². The van der Waals surface area contributed by atoms with Gasteiger partial charge in [-0.1, -0.05) is 6.92 Å². The Kier molecular flexibility index (Phi) is 4.20. The normalized spacial score (nSPS) is 11.8. The first-order chi connectivity index (χ1) is 11.4. The molecule has 0 radical (unpaired) electrons. The maximum Gasteiger partial charge on any atom is 0.337 e. The number of fused-ring (bicyclic) bond motifs is 1. The summed E-state index contributed by atoms with van der Waals surface area (Å²) in [6.45, 7) is 5.59. The highest BCUT2D eigenvalue weighted by Gasteiger charge is 2.24. The Morgan fingerprint density at radius 2 is 2.21 bits per heavy atom. The highest BCUT2D eigenvalue weighted by atomic mass is 32.1. The highest BCUT2D eigenvalue weighted by molar-refractivity contribution is 7.09. The summed E-state index contributed by atoms with van der Waals surface area (Å²) in [4.78, 5) is 40.1. The number of rotatable bonds is 5. The minimum Gasteiger partial charge on any atom is -0.403 e. The summed E-state index contributed by atoms with van der Waals surface area (Å²) < 4.78 is 5.03. The van der Waals surface area contributed by atoms with Crippen molar-refractivity contribution >= 4 is 22.4 Å². The first-order valence-electron chi connectivity index (χ1n) is 7.31. The number of hydroxylamine groups is 1. The minimum absolute atomic E-state index is 0.0491. The number of aryl methyl sites for hydroxylation is 1. The summed E-state index contributed by atoms with van der Waals surface area (Å²) >= 11 is 1.47. The molecule has 2 N–H and O–H groups in total. The largest absolute Gasteiger partial charge is 0.403 e. The molecule has 3 heterocycles. The SMILES string of the molecule is CCc1cc(=O)oc2nc(ONC(C)(C)c3nccs3)[nH]c(=O)c12. The van der Waals surface area contributed by atoms with Gasteiger partial charge in [-0.2, -0.15) is 4.98 Å². The third-order valence-electron chi connectivity index (χ3n) is 3.43. The maximum absolute atomic E-state index is 12.3. The molecule has 3 rings (SSSR count). The molecule has 0 aliphatic heterocycles. The van der Waals surface area contributed by atoms with Gasteiger partial charge in [0.05, 0.1) is 5.54 Å². The monoisotopic (exact) mass is 348 g/mol. The molecule has 24 heavy (non-hydrogen) atoms. The fourth-order valence-electron chi connectivity index (χ4n) is 2.21. The number of H-pyrrole nitrogens is 1. The molecule has 9 heteroatoms. The standard InChI is InChI=1S/C15H16N4O4S/c1-4-8-7-9(20)22-12-10(8)11(21)17-14(18-12)23-19-15(2,3)13-16-5-6-24-13/h5-7,19H,4H2,1-3H3,(H,17,18,21). The summed E-state index contributed by atoms with van der Waals surface area (Å²) in [5, 5.41) is 2.92. The van der Waals surface area contributed by atoms with E-state index in [1.165, 1.54) is 17.4 Å². The van der Waals surface area contributed by atoms with Crippen LogP contribution in [0.4, 0.5) is 0 Å². The van der Waals surface area contributed by atoms with E-state index in [1.807, 2.05) is 26.2 Å². The van der Waals surface area contributed by atoms with E-state index in [-0.39, 0.29) is 17.1 Å². The van der Waals surface area contributed by atoms with Crippen LogP contribution in [0.5, 0.6) is 6.01 Å². The number of thiazole rings is 1. The molecule has 0 atom stereocenters. The molecule has 0 aliphatic rings. The van der Waals surface area contributed by atoms with Crippen molar-refractivity contribution in [1.29, 1.82) is 0 Å². The Balaban J connectivity index is 1.94. The Morgan fingerprint density at radius 3 is 2.88 bits per heavy atom. The van der Waals surface area contributed by atoms with Gasteiger partial charge in [0, 0.05) is 17.6 Å². The number of aromatic amines is 1. The molecule has 3 aromatic heterocycles. The molecule has 0 amide bonds. The molecule has 3 aromatic rings. The van der Waals surface area contributed by atoms with Crippen molar-refractivity contribution in [2.45, 2.75) is 32.7 Å². The Morgan fingerprint density at radius 1 is 1.42 bits per heavy atom. The second kappa shape index (κ2) is 6.17. The van der Waals surface area contributed by atoms with Crippen LogP contribution < -0.4 is 21.5 Å². The molecule has 8 nitrogen and oxygen atoms in total. The van der Waals surface area contributed by atoms with Crippen LogP contribution in [0, 0.1) is 0 Å². The van der Waals surface area contributed by atoms with Crippen LogP contribution >= 0.6 is 11.3 Å². The van der Waals surface area contributed by atoms with Crippen molar-refractivity contribution in [2.75, 3.05) is 0 Å². The van der Waals surface area contributed by atoms with Gasteiger partial charge in [0.25, 0.3) is 5.56 Å². The smallest absolute Gasteiger partial charge is 0.337 e. The molecule has 0 saturated carbocycles. The summed E-state index contributed by atoms with van der Waals surface area (Å²) in [7, 11) is 0. The quantitative estimate of drug-likeness (QED) is 0.675. The number of nitrogens with one attached hydrogen (secondary N) is 2. The van der Waals surface area contributed by atoms with Gasteiger partial charge >= 0.3 is 11.6 Å². The van der Waals surface area contributed by atoms with Gasteiger partial charge in [0.2, 0.25) is 5.71 Å². The fourth-order valence-corrected chi connectivity index (χ4v) is 2.92. The topological polar surface area (TPSA) is 110 Å². The predicted molar refractivity (Wildman–Crippen MR) is 89.2 cm³/mol. The van der Waals surface area contributed by atoms with Crippen molar-refractivity contribution < 1.29 is 9.25 Å². The van der Waals surface area contributed by atoms with Crippen molar-refractivity contribution in [2.24, 2.45) is 0 Å². The van der Waals surface area contributed by atoms with E-state index in [4.69, 9.17) is 9.25 Å². The van der Waals surface area contributed by atoms with Gasteiger partial charge in [0.15, 0.2) is 0 Å². The van der Waals surface area contributed by atoms with Gasteiger partial charge in [0.1, 0.15) is 10.4 Å². The second-order valence-electron chi connectivity index (χ2n) is 5.66. The van der Waals surface area contributed by atoms with E-state index >= 15 is 0 Å². The number of aromatic nitrogens is 3. The average molecular weight is 348 g/mol. The Bertz CT molecular complexity index is 975. The van der Waals surface area contributed by atoms with Gasteiger partial charge in [-0.05, 0) is 25.8 Å². The molecule has 0 bridgehead atoms. The lowest BCUT2D eigenvalue weighted by Crippen LogP contribution is -2.39. The lowest BCUT2D eigenvalue weighted by atomic mass is 10.1. The van der Waals surface area contributed by atoms with Crippen LogP contribution in [0.25, 0.3) is 11.1 Å². The maximum atomic E-state index is 12.3. The van der Waals surface area contributed by atoms with E-state index in [1.54, 1.807) is 6.20 Å². The summed E-state index contributed by atoms with van der Waals surface area (Å²) in [6.07, 6.45) is 2.21. The summed E-state index contributed by atoms with van der Waals surface area (Å²) in [5.41, 5.74) is 1.77. The second-order valence-corrected chi connectivity index (χ2v) is 6.56. The lowest BCUT2D eigenvalue weighted by molar-refractivity contribution is 0.0953. The zero-order valence-corrected chi connectivity index (χ0v) is 14.2. The summed E-state index contributed by atoms with van der Waals surface area (Å²) in [6, 6.07) is 1.21. The van der Waals surface area contributed by atoms with E-state index < -0.39 is 16.7 Å². The molecule has 126 valence electrons. The third kappa shape index (κ3) is 3.08. The van der Waals surface area contributed by atoms with E-state index in [0.29, 0.717) is 12.0 Å². The number of hydrogen-bond acceptors (Lipinski definition) is 8. The fraction of sp³-hybridized carbons (Fsp3) is 0.333. The van der Waals surface area contributed by atoms with E-state index in [0.717, 1.165) is 5.01 Å². The van der Waals surface area contributed by atoms with Crippen molar-refractivity contribution in [1.82, 2.24) is 20.4 Å². The third-order valence-corrected chi connectivity index (χ3v) is 4.52. The summed E-state index contributed by atoms with van der Waals surface area (Å²) in [5.74, 6) is 0. The Hall–Kier alpha value is -2.52. The van der Waals surface area contributed by atoms with Gasteiger partial charge in [-0.3, -0.25) is 9.78 Å². The molecular formula is C15H16N4O4S. The van der Waals surface area contributed by atoms with Gasteiger partial charge in [-0.25, -0.2) is 9.78 Å². The zero-order valence-electron chi connectivity index (χ0n) is 13.4. The van der Waals surface area contributed by atoms with Crippen molar-refractivity contribution in [3.63, 3.8) is 0 Å². The lowest BCUT2D eigenvalue weighted by Gasteiger charge is -2.22. The van der Waals surface area contributed by atoms with Crippen molar-refractivity contribution in [3.8, 4) is 6.01 Å². The highest BCUT2D eigenvalue weighted by Crippen LogP contribution is 2.22. The van der Waals surface area contributed by atoms with E-state index in [2.05, 4.69) is 20.4 Å². The predicted octanol–water partition coefficient (Wildman–Crippen LogP) is 1.71. The van der Waals surface area contributed by atoms with Crippen LogP contribution in [0.15, 0.2) is 31.6 Å². The molecule has 0 aliphatic carbocycles. The van der Waals surface area contributed by atoms with Crippen LogP contribution in [0.1, 0.15) is 31.3 Å². The molecule has 0 fully saturated rings. The first kappa shape index (κ1) is 16.3. The first-order valence-corrected chi connectivity index (χ1v) is 8.19.